The summed E-state index contributed by atoms with van der Waals surface area (Å²) in [5, 5.41) is 0. The van der Waals surface area contributed by atoms with Gasteiger partial charge in [0, 0.05) is 17.6 Å². The first kappa shape index (κ1) is 13.8. The molecule has 0 fully saturated rings. The van der Waals surface area contributed by atoms with E-state index in [0.29, 0.717) is 0 Å². The predicted octanol–water partition coefficient (Wildman–Crippen LogP) is 4.44. The Morgan fingerprint density at radius 1 is 1.00 bits per heavy atom. The molecule has 1 aliphatic rings. The Morgan fingerprint density at radius 3 is 2.70 bits per heavy atom. The summed E-state index contributed by atoms with van der Waals surface area (Å²) in [6.45, 7) is 3.48. The molecule has 1 heterocycles. The molecule has 0 amide bonds. The maximum absolute atomic E-state index is 3.67. The molecule has 0 saturated heterocycles. The van der Waals surface area contributed by atoms with Gasteiger partial charge >= 0.3 is 0 Å². The standard InChI is InChI=1S/C18H20BrN/c19-18-10-4-9-16-14-20(13-11-17(16)18)12-5-8-15-6-2-1-3-7-15/h1-4,6-7,9-10H,5,8,11-14H2. The highest BCUT2D eigenvalue weighted by Crippen LogP contribution is 2.26. The highest BCUT2D eigenvalue weighted by molar-refractivity contribution is 9.10. The van der Waals surface area contributed by atoms with E-state index in [1.807, 2.05) is 0 Å². The molecule has 0 spiro atoms. The number of rotatable bonds is 4. The van der Waals surface area contributed by atoms with Gasteiger partial charge in [0.1, 0.15) is 0 Å². The van der Waals surface area contributed by atoms with Crippen LogP contribution in [0.15, 0.2) is 53.0 Å². The van der Waals surface area contributed by atoms with Gasteiger partial charge in [0.15, 0.2) is 0 Å². The predicted molar refractivity (Wildman–Crippen MR) is 87.9 cm³/mol. The summed E-state index contributed by atoms with van der Waals surface area (Å²) in [5.74, 6) is 0. The molecule has 2 aromatic carbocycles. The molecule has 1 nitrogen and oxygen atoms in total. The molecular formula is C18H20BrN. The van der Waals surface area contributed by atoms with E-state index in [0.717, 1.165) is 6.54 Å². The van der Waals surface area contributed by atoms with Crippen LogP contribution in [0.2, 0.25) is 0 Å². The van der Waals surface area contributed by atoms with Gasteiger partial charge in [-0.3, -0.25) is 4.90 Å². The fourth-order valence-electron chi connectivity index (χ4n) is 2.96. The van der Waals surface area contributed by atoms with Crippen molar-refractivity contribution in [2.75, 3.05) is 13.1 Å². The highest BCUT2D eigenvalue weighted by Gasteiger charge is 2.17. The van der Waals surface area contributed by atoms with Crippen LogP contribution in [0.5, 0.6) is 0 Å². The molecule has 0 saturated carbocycles. The Labute approximate surface area is 129 Å². The molecule has 0 aliphatic carbocycles. The summed E-state index contributed by atoms with van der Waals surface area (Å²) in [4.78, 5) is 2.58. The van der Waals surface area contributed by atoms with Gasteiger partial charge in [0.25, 0.3) is 0 Å². The van der Waals surface area contributed by atoms with Crippen LogP contribution in [-0.4, -0.2) is 18.0 Å². The average Bonchev–Trinajstić information content (AvgIpc) is 2.48. The van der Waals surface area contributed by atoms with Crippen LogP contribution in [0, 0.1) is 0 Å². The zero-order valence-electron chi connectivity index (χ0n) is 11.7. The third-order valence-electron chi connectivity index (χ3n) is 4.07. The van der Waals surface area contributed by atoms with Crippen molar-refractivity contribution in [3.63, 3.8) is 0 Å². The van der Waals surface area contributed by atoms with E-state index in [9.17, 15) is 0 Å². The zero-order chi connectivity index (χ0) is 13.8. The van der Waals surface area contributed by atoms with Gasteiger partial charge in [-0.15, -0.1) is 0 Å². The van der Waals surface area contributed by atoms with Crippen molar-refractivity contribution in [3.8, 4) is 0 Å². The van der Waals surface area contributed by atoms with Gasteiger partial charge in [0.05, 0.1) is 0 Å². The Hall–Kier alpha value is -1.12. The summed E-state index contributed by atoms with van der Waals surface area (Å²) in [5.41, 5.74) is 4.45. The molecule has 3 rings (SSSR count). The topological polar surface area (TPSA) is 3.24 Å². The van der Waals surface area contributed by atoms with Crippen LogP contribution in [0.1, 0.15) is 23.1 Å². The molecule has 104 valence electrons. The molecule has 0 N–H and O–H groups in total. The molecule has 1 aliphatic heterocycles. The summed E-state index contributed by atoms with van der Waals surface area (Å²) in [7, 11) is 0. The fourth-order valence-corrected chi connectivity index (χ4v) is 3.57. The van der Waals surface area contributed by atoms with E-state index >= 15 is 0 Å². The third-order valence-corrected chi connectivity index (χ3v) is 4.81. The average molecular weight is 330 g/mol. The third kappa shape index (κ3) is 3.31. The quantitative estimate of drug-likeness (QED) is 0.801. The SMILES string of the molecule is Brc1cccc2c1CCN(CCCc1ccccc1)C2. The molecule has 2 aromatic rings. The highest BCUT2D eigenvalue weighted by atomic mass is 79.9. The second kappa shape index (κ2) is 6.55. The van der Waals surface area contributed by atoms with Crippen LogP contribution in [0.3, 0.4) is 0 Å². The first-order valence-electron chi connectivity index (χ1n) is 7.35. The maximum atomic E-state index is 3.67. The smallest absolute Gasteiger partial charge is 0.0237 e. The van der Waals surface area contributed by atoms with Crippen LogP contribution in [-0.2, 0) is 19.4 Å². The number of hydrogen-bond acceptors (Lipinski definition) is 1. The van der Waals surface area contributed by atoms with Crippen molar-refractivity contribution in [2.45, 2.75) is 25.8 Å². The second-order valence-electron chi connectivity index (χ2n) is 5.49. The number of nitrogens with zero attached hydrogens (tertiary/aromatic N) is 1. The number of halogens is 1. The summed E-state index contributed by atoms with van der Waals surface area (Å²) >= 11 is 3.67. The normalized spacial score (nSPS) is 15.1. The lowest BCUT2D eigenvalue weighted by Gasteiger charge is -2.29. The second-order valence-corrected chi connectivity index (χ2v) is 6.35. The lowest BCUT2D eigenvalue weighted by Crippen LogP contribution is -2.31. The van der Waals surface area contributed by atoms with Crippen LogP contribution in [0.25, 0.3) is 0 Å². The molecule has 0 bridgehead atoms. The number of hydrogen-bond donors (Lipinski definition) is 0. The molecule has 0 unspecified atom stereocenters. The molecule has 0 radical (unpaired) electrons. The van der Waals surface area contributed by atoms with Crippen molar-refractivity contribution < 1.29 is 0 Å². The molecule has 20 heavy (non-hydrogen) atoms. The van der Waals surface area contributed by atoms with E-state index in [1.54, 1.807) is 0 Å². The number of benzene rings is 2. The number of fused-ring (bicyclic) bond motifs is 1. The van der Waals surface area contributed by atoms with Gasteiger partial charge in [0.2, 0.25) is 0 Å². The minimum Gasteiger partial charge on any atom is -0.299 e. The maximum Gasteiger partial charge on any atom is 0.0237 e. The fraction of sp³-hybridized carbons (Fsp3) is 0.333. The monoisotopic (exact) mass is 329 g/mol. The van der Waals surface area contributed by atoms with E-state index < -0.39 is 0 Å². The van der Waals surface area contributed by atoms with Gasteiger partial charge in [-0.2, -0.15) is 0 Å². The van der Waals surface area contributed by atoms with Crippen molar-refractivity contribution in [3.05, 3.63) is 69.7 Å². The van der Waals surface area contributed by atoms with E-state index in [2.05, 4.69) is 69.4 Å². The largest absolute Gasteiger partial charge is 0.299 e. The molecule has 0 aromatic heterocycles. The Bertz CT molecular complexity index is 565. The molecule has 0 atom stereocenters. The van der Waals surface area contributed by atoms with Crippen LogP contribution >= 0.6 is 15.9 Å². The first-order valence-corrected chi connectivity index (χ1v) is 8.15. The van der Waals surface area contributed by atoms with Crippen LogP contribution in [0.4, 0.5) is 0 Å². The first-order chi connectivity index (χ1) is 9.83. The summed E-state index contributed by atoms with van der Waals surface area (Å²) in [6.07, 6.45) is 3.60. The minimum absolute atomic E-state index is 1.10. The number of aryl methyl sites for hydroxylation is 1. The van der Waals surface area contributed by atoms with Gasteiger partial charge in [-0.05, 0) is 48.6 Å². The zero-order valence-corrected chi connectivity index (χ0v) is 13.3. The minimum atomic E-state index is 1.10. The Balaban J connectivity index is 1.53. The van der Waals surface area contributed by atoms with Gasteiger partial charge in [-0.25, -0.2) is 0 Å². The molecule has 2 heteroatoms. The van der Waals surface area contributed by atoms with Crippen molar-refractivity contribution in [1.29, 1.82) is 0 Å². The van der Waals surface area contributed by atoms with E-state index in [4.69, 9.17) is 0 Å². The van der Waals surface area contributed by atoms with E-state index in [1.165, 1.54) is 53.5 Å². The molecular weight excluding hydrogens is 310 g/mol. The van der Waals surface area contributed by atoms with Crippen molar-refractivity contribution >= 4 is 15.9 Å². The van der Waals surface area contributed by atoms with Crippen molar-refractivity contribution in [2.24, 2.45) is 0 Å². The lowest BCUT2D eigenvalue weighted by molar-refractivity contribution is 0.251. The lowest BCUT2D eigenvalue weighted by atomic mass is 9.99. The van der Waals surface area contributed by atoms with Gasteiger partial charge < -0.3 is 0 Å². The summed E-state index contributed by atoms with van der Waals surface area (Å²) in [6, 6.07) is 17.4. The van der Waals surface area contributed by atoms with Crippen molar-refractivity contribution in [1.82, 2.24) is 4.90 Å². The Kier molecular flexibility index (Phi) is 4.54. The Morgan fingerprint density at radius 2 is 1.85 bits per heavy atom. The van der Waals surface area contributed by atoms with Gasteiger partial charge in [-0.1, -0.05) is 58.4 Å². The van der Waals surface area contributed by atoms with E-state index in [-0.39, 0.29) is 0 Å². The van der Waals surface area contributed by atoms with Crippen LogP contribution < -0.4 is 0 Å². The summed E-state index contributed by atoms with van der Waals surface area (Å²) < 4.78 is 1.28.